The lowest BCUT2D eigenvalue weighted by atomic mass is 9.74. The van der Waals surface area contributed by atoms with E-state index in [1.54, 1.807) is 6.92 Å². The molecule has 2 saturated heterocycles. The first-order valence-corrected chi connectivity index (χ1v) is 12.1. The number of rotatable bonds is 6. The lowest BCUT2D eigenvalue weighted by molar-refractivity contribution is -0.134. The SMILES string of the molecule is CC1(c2ccc3c(c2)CCC3)NC(=O)N(CC(=O)NCC2(c3ccccc3)CCOCC2)C1=O. The monoisotopic (exact) mass is 461 g/mol. The Hall–Kier alpha value is -3.19. The summed E-state index contributed by atoms with van der Waals surface area (Å²) in [7, 11) is 0. The Bertz CT molecular complexity index is 1110. The van der Waals surface area contributed by atoms with E-state index in [-0.39, 0.29) is 17.9 Å². The Morgan fingerprint density at radius 2 is 1.76 bits per heavy atom. The zero-order valence-electron chi connectivity index (χ0n) is 19.6. The molecule has 0 saturated carbocycles. The molecule has 5 rings (SSSR count). The van der Waals surface area contributed by atoms with Gasteiger partial charge in [0.25, 0.3) is 5.91 Å². The normalized spacial score (nSPS) is 23.5. The minimum Gasteiger partial charge on any atom is -0.381 e. The third-order valence-electron chi connectivity index (χ3n) is 7.71. The molecule has 0 bridgehead atoms. The van der Waals surface area contributed by atoms with Crippen molar-refractivity contribution in [1.82, 2.24) is 15.5 Å². The highest BCUT2D eigenvalue weighted by atomic mass is 16.5. The first-order chi connectivity index (χ1) is 16.4. The molecule has 1 atom stereocenters. The van der Waals surface area contributed by atoms with E-state index in [0.29, 0.717) is 19.8 Å². The largest absolute Gasteiger partial charge is 0.381 e. The smallest absolute Gasteiger partial charge is 0.325 e. The molecule has 3 aliphatic rings. The van der Waals surface area contributed by atoms with Crippen LogP contribution in [0.3, 0.4) is 0 Å². The van der Waals surface area contributed by atoms with Crippen LogP contribution in [0.2, 0.25) is 0 Å². The summed E-state index contributed by atoms with van der Waals surface area (Å²) in [4.78, 5) is 40.0. The second kappa shape index (κ2) is 8.87. The molecule has 0 radical (unpaired) electrons. The standard InChI is InChI=1S/C27H31N3O4/c1-26(22-11-10-19-6-5-7-20(19)16-22)24(32)30(25(33)29-26)17-23(31)28-18-27(12-14-34-15-13-27)21-8-3-2-4-9-21/h2-4,8-11,16H,5-7,12-15,17-18H2,1H3,(H,28,31)(H,29,33). The van der Waals surface area contributed by atoms with Crippen molar-refractivity contribution in [2.45, 2.75) is 50.0 Å². The average molecular weight is 462 g/mol. The number of carbonyl (C=O) groups excluding carboxylic acids is 3. The van der Waals surface area contributed by atoms with Crippen LogP contribution in [0.15, 0.2) is 48.5 Å². The van der Waals surface area contributed by atoms with E-state index in [1.807, 2.05) is 30.3 Å². The van der Waals surface area contributed by atoms with Gasteiger partial charge in [-0.15, -0.1) is 0 Å². The Morgan fingerprint density at radius 3 is 2.53 bits per heavy atom. The molecule has 0 spiro atoms. The van der Waals surface area contributed by atoms with Crippen molar-refractivity contribution in [3.63, 3.8) is 0 Å². The van der Waals surface area contributed by atoms with Crippen LogP contribution in [0.4, 0.5) is 4.79 Å². The number of carbonyl (C=O) groups is 3. The van der Waals surface area contributed by atoms with E-state index < -0.39 is 17.5 Å². The molecule has 2 aromatic rings. The maximum atomic E-state index is 13.3. The molecular formula is C27H31N3O4. The number of hydrogen-bond donors (Lipinski definition) is 2. The fourth-order valence-corrected chi connectivity index (χ4v) is 5.51. The van der Waals surface area contributed by atoms with Crippen molar-refractivity contribution in [3.8, 4) is 0 Å². The highest BCUT2D eigenvalue weighted by Crippen LogP contribution is 2.35. The van der Waals surface area contributed by atoms with Crippen LogP contribution in [0.5, 0.6) is 0 Å². The van der Waals surface area contributed by atoms with Gasteiger partial charge in [0.05, 0.1) is 0 Å². The Labute approximate surface area is 199 Å². The number of hydrogen-bond acceptors (Lipinski definition) is 4. The van der Waals surface area contributed by atoms with E-state index in [1.165, 1.54) is 11.1 Å². The summed E-state index contributed by atoms with van der Waals surface area (Å²) < 4.78 is 5.56. The molecule has 2 N–H and O–H groups in total. The molecule has 4 amide bonds. The van der Waals surface area contributed by atoms with Crippen molar-refractivity contribution in [2.24, 2.45) is 0 Å². The summed E-state index contributed by atoms with van der Waals surface area (Å²) in [6.07, 6.45) is 4.75. The number of aryl methyl sites for hydroxylation is 2. The number of benzene rings is 2. The van der Waals surface area contributed by atoms with Crippen LogP contribution in [0.1, 0.15) is 48.4 Å². The fourth-order valence-electron chi connectivity index (χ4n) is 5.51. The van der Waals surface area contributed by atoms with Crippen molar-refractivity contribution >= 4 is 17.8 Å². The molecule has 2 fully saturated rings. The number of urea groups is 1. The van der Waals surface area contributed by atoms with Gasteiger partial charge in [-0.3, -0.25) is 14.5 Å². The quantitative estimate of drug-likeness (QED) is 0.648. The minimum atomic E-state index is -1.17. The fraction of sp³-hybridized carbons (Fsp3) is 0.444. The van der Waals surface area contributed by atoms with Gasteiger partial charge < -0.3 is 15.4 Å². The number of amides is 4. The number of imide groups is 1. The van der Waals surface area contributed by atoms with Crippen LogP contribution in [0.25, 0.3) is 0 Å². The van der Waals surface area contributed by atoms with Crippen molar-refractivity contribution in [3.05, 3.63) is 70.8 Å². The van der Waals surface area contributed by atoms with Crippen molar-refractivity contribution in [2.75, 3.05) is 26.3 Å². The molecule has 2 aliphatic heterocycles. The number of ether oxygens (including phenoxy) is 1. The number of fused-ring (bicyclic) bond motifs is 1. The summed E-state index contributed by atoms with van der Waals surface area (Å²) in [6, 6.07) is 15.6. The second-order valence-corrected chi connectivity index (χ2v) is 9.82. The van der Waals surface area contributed by atoms with E-state index in [2.05, 4.69) is 28.8 Å². The zero-order chi connectivity index (χ0) is 23.8. The molecule has 34 heavy (non-hydrogen) atoms. The molecule has 7 nitrogen and oxygen atoms in total. The third kappa shape index (κ3) is 3.98. The topological polar surface area (TPSA) is 87.7 Å². The van der Waals surface area contributed by atoms with Crippen molar-refractivity contribution in [1.29, 1.82) is 0 Å². The highest BCUT2D eigenvalue weighted by molar-refractivity contribution is 6.09. The van der Waals surface area contributed by atoms with E-state index in [4.69, 9.17) is 4.74 Å². The predicted octanol–water partition coefficient (Wildman–Crippen LogP) is 2.81. The van der Waals surface area contributed by atoms with Gasteiger partial charge in [0.1, 0.15) is 12.1 Å². The van der Waals surface area contributed by atoms with Gasteiger partial charge >= 0.3 is 6.03 Å². The van der Waals surface area contributed by atoms with Gasteiger partial charge in [0, 0.05) is 25.2 Å². The number of nitrogens with zero attached hydrogens (tertiary/aromatic N) is 1. The van der Waals surface area contributed by atoms with E-state index in [9.17, 15) is 14.4 Å². The molecule has 0 aromatic heterocycles. The van der Waals surface area contributed by atoms with Crippen molar-refractivity contribution < 1.29 is 19.1 Å². The van der Waals surface area contributed by atoms with Gasteiger partial charge in [-0.05, 0) is 61.3 Å². The molecule has 1 unspecified atom stereocenters. The molecule has 178 valence electrons. The average Bonchev–Trinajstić information content (AvgIpc) is 3.42. The zero-order valence-corrected chi connectivity index (χ0v) is 19.6. The summed E-state index contributed by atoms with van der Waals surface area (Å²) in [5.74, 6) is -0.738. The van der Waals surface area contributed by atoms with Crippen LogP contribution < -0.4 is 10.6 Å². The van der Waals surface area contributed by atoms with Crippen LogP contribution in [-0.4, -0.2) is 49.0 Å². The Morgan fingerprint density at radius 1 is 1.03 bits per heavy atom. The Balaban J connectivity index is 1.27. The van der Waals surface area contributed by atoms with Gasteiger partial charge in [-0.25, -0.2) is 4.79 Å². The maximum absolute atomic E-state index is 13.3. The van der Waals surface area contributed by atoms with Gasteiger partial charge in [0.15, 0.2) is 0 Å². The van der Waals surface area contributed by atoms with Crippen LogP contribution in [-0.2, 0) is 38.1 Å². The summed E-state index contributed by atoms with van der Waals surface area (Å²) >= 11 is 0. The lowest BCUT2D eigenvalue weighted by Crippen LogP contribution is -2.48. The highest BCUT2D eigenvalue weighted by Gasteiger charge is 2.49. The van der Waals surface area contributed by atoms with Gasteiger partial charge in [0.2, 0.25) is 5.91 Å². The van der Waals surface area contributed by atoms with Gasteiger partial charge in [-0.1, -0.05) is 48.5 Å². The minimum absolute atomic E-state index is 0.217. The summed E-state index contributed by atoms with van der Waals surface area (Å²) in [6.45, 7) is 3.12. The van der Waals surface area contributed by atoms with E-state index in [0.717, 1.165) is 48.1 Å². The first kappa shape index (κ1) is 22.6. The molecule has 1 aliphatic carbocycles. The predicted molar refractivity (Wildman–Crippen MR) is 127 cm³/mol. The summed E-state index contributed by atoms with van der Waals surface area (Å²) in [5, 5.41) is 5.82. The molecule has 2 heterocycles. The summed E-state index contributed by atoms with van der Waals surface area (Å²) in [5.41, 5.74) is 3.09. The molecule has 7 heteroatoms. The molecular weight excluding hydrogens is 430 g/mol. The molecule has 2 aromatic carbocycles. The first-order valence-electron chi connectivity index (χ1n) is 12.1. The second-order valence-electron chi connectivity index (χ2n) is 9.82. The Kier molecular flexibility index (Phi) is 5.90. The lowest BCUT2D eigenvalue weighted by Gasteiger charge is -2.38. The van der Waals surface area contributed by atoms with Crippen LogP contribution in [0, 0.1) is 0 Å². The third-order valence-corrected chi connectivity index (χ3v) is 7.71. The van der Waals surface area contributed by atoms with Gasteiger partial charge in [-0.2, -0.15) is 0 Å². The maximum Gasteiger partial charge on any atom is 0.325 e. The van der Waals surface area contributed by atoms with Crippen LogP contribution >= 0.6 is 0 Å². The number of nitrogens with one attached hydrogen (secondary N) is 2. The van der Waals surface area contributed by atoms with E-state index >= 15 is 0 Å².